The van der Waals surface area contributed by atoms with Crippen molar-refractivity contribution < 1.29 is 4.79 Å². The Morgan fingerprint density at radius 2 is 2.59 bits per heavy atom. The second-order valence-corrected chi connectivity index (χ2v) is 5.39. The van der Waals surface area contributed by atoms with Crippen molar-refractivity contribution in [1.82, 2.24) is 4.90 Å². The van der Waals surface area contributed by atoms with Crippen LogP contribution in [-0.4, -0.2) is 23.4 Å². The summed E-state index contributed by atoms with van der Waals surface area (Å²) in [6, 6.07) is 1.81. The van der Waals surface area contributed by atoms with Crippen molar-refractivity contribution in [1.29, 1.82) is 0 Å². The van der Waals surface area contributed by atoms with Gasteiger partial charge in [-0.15, -0.1) is 17.9 Å². The Morgan fingerprint density at radius 1 is 1.82 bits per heavy atom. The predicted octanol–water partition coefficient (Wildman–Crippen LogP) is 2.10. The topological polar surface area (TPSA) is 46.3 Å². The molecule has 0 fully saturated rings. The van der Waals surface area contributed by atoms with E-state index in [4.69, 9.17) is 5.73 Å². The summed E-state index contributed by atoms with van der Waals surface area (Å²) in [7, 11) is 0. The van der Waals surface area contributed by atoms with Gasteiger partial charge in [-0.3, -0.25) is 4.79 Å². The van der Waals surface area contributed by atoms with Crippen molar-refractivity contribution in [2.75, 3.05) is 6.54 Å². The van der Waals surface area contributed by atoms with Gasteiger partial charge in [-0.25, -0.2) is 0 Å². The molecule has 0 spiro atoms. The second-order valence-electron chi connectivity index (χ2n) is 4.39. The van der Waals surface area contributed by atoms with Gasteiger partial charge in [0.05, 0.1) is 12.1 Å². The molecule has 1 aromatic rings. The van der Waals surface area contributed by atoms with E-state index >= 15 is 0 Å². The Kier molecular flexibility index (Phi) is 3.64. The zero-order valence-corrected chi connectivity index (χ0v) is 10.9. The molecule has 0 bridgehead atoms. The third-order valence-electron chi connectivity index (χ3n) is 3.30. The lowest BCUT2D eigenvalue weighted by atomic mass is 10.00. The van der Waals surface area contributed by atoms with Gasteiger partial charge in [-0.05, 0) is 36.8 Å². The van der Waals surface area contributed by atoms with Gasteiger partial charge in [0.2, 0.25) is 5.91 Å². The largest absolute Gasteiger partial charge is 0.334 e. The van der Waals surface area contributed by atoms with Gasteiger partial charge in [0.25, 0.3) is 0 Å². The summed E-state index contributed by atoms with van der Waals surface area (Å²) in [6.45, 7) is 6.47. The van der Waals surface area contributed by atoms with Crippen LogP contribution in [0.4, 0.5) is 0 Å². The third-order valence-corrected chi connectivity index (χ3v) is 4.29. The highest BCUT2D eigenvalue weighted by molar-refractivity contribution is 7.10. The van der Waals surface area contributed by atoms with E-state index in [1.807, 2.05) is 4.90 Å². The average molecular weight is 250 g/mol. The quantitative estimate of drug-likeness (QED) is 0.835. The fraction of sp³-hybridized carbons (Fsp3) is 0.462. The summed E-state index contributed by atoms with van der Waals surface area (Å²) in [5.74, 6) is 0.0363. The van der Waals surface area contributed by atoms with Crippen LogP contribution < -0.4 is 5.73 Å². The number of nitrogens with zero attached hydrogens (tertiary/aromatic N) is 1. The zero-order chi connectivity index (χ0) is 12.4. The Balaban J connectivity index is 2.14. The number of carbonyl (C=O) groups excluding carboxylic acids is 1. The van der Waals surface area contributed by atoms with Crippen LogP contribution in [0.5, 0.6) is 0 Å². The molecule has 0 aliphatic carbocycles. The molecule has 2 unspecified atom stereocenters. The van der Waals surface area contributed by atoms with Gasteiger partial charge < -0.3 is 10.6 Å². The van der Waals surface area contributed by atoms with Crippen molar-refractivity contribution in [3.63, 3.8) is 0 Å². The SMILES string of the molecule is C=CCC(N)C(=O)N1CCc2sccc2C1C. The first-order chi connectivity index (χ1) is 8.15. The fourth-order valence-corrected chi connectivity index (χ4v) is 3.27. The molecule has 3 nitrogen and oxygen atoms in total. The molecule has 1 aliphatic rings. The van der Waals surface area contributed by atoms with Crippen LogP contribution in [0, 0.1) is 0 Å². The van der Waals surface area contributed by atoms with Crippen molar-refractivity contribution in [2.24, 2.45) is 5.73 Å². The van der Waals surface area contributed by atoms with E-state index in [0.29, 0.717) is 6.42 Å². The van der Waals surface area contributed by atoms with Crippen molar-refractivity contribution >= 4 is 17.2 Å². The maximum atomic E-state index is 12.2. The Bertz CT molecular complexity index is 427. The number of rotatable bonds is 3. The molecule has 1 aromatic heterocycles. The van der Waals surface area contributed by atoms with Crippen LogP contribution in [0.15, 0.2) is 24.1 Å². The van der Waals surface area contributed by atoms with Gasteiger partial charge in [0.1, 0.15) is 0 Å². The number of carbonyl (C=O) groups is 1. The lowest BCUT2D eigenvalue weighted by Gasteiger charge is -2.35. The summed E-state index contributed by atoms with van der Waals surface area (Å²) in [5, 5.41) is 2.10. The minimum absolute atomic E-state index is 0.0363. The summed E-state index contributed by atoms with van der Waals surface area (Å²) >= 11 is 1.78. The maximum absolute atomic E-state index is 12.2. The van der Waals surface area contributed by atoms with Crippen molar-refractivity contribution in [3.8, 4) is 0 Å². The highest BCUT2D eigenvalue weighted by Crippen LogP contribution is 2.33. The summed E-state index contributed by atoms with van der Waals surface area (Å²) in [5.41, 5.74) is 7.13. The lowest BCUT2D eigenvalue weighted by molar-refractivity contribution is -0.135. The summed E-state index contributed by atoms with van der Waals surface area (Å²) in [6.07, 6.45) is 3.19. The van der Waals surface area contributed by atoms with Gasteiger partial charge in [-0.1, -0.05) is 6.08 Å². The molecule has 0 saturated carbocycles. The zero-order valence-electron chi connectivity index (χ0n) is 10.1. The molecule has 1 aliphatic heterocycles. The molecule has 0 radical (unpaired) electrons. The van der Waals surface area contributed by atoms with E-state index in [1.54, 1.807) is 17.4 Å². The Morgan fingerprint density at radius 3 is 3.29 bits per heavy atom. The van der Waals surface area contributed by atoms with Crippen LogP contribution in [-0.2, 0) is 11.2 Å². The lowest BCUT2D eigenvalue weighted by Crippen LogP contribution is -2.47. The molecule has 2 N–H and O–H groups in total. The number of fused-ring (bicyclic) bond motifs is 1. The number of amides is 1. The Hall–Kier alpha value is -1.13. The maximum Gasteiger partial charge on any atom is 0.240 e. The van der Waals surface area contributed by atoms with Gasteiger partial charge in [0.15, 0.2) is 0 Å². The van der Waals surface area contributed by atoms with Crippen LogP contribution in [0.2, 0.25) is 0 Å². The van der Waals surface area contributed by atoms with Crippen LogP contribution in [0.25, 0.3) is 0 Å². The van der Waals surface area contributed by atoms with E-state index < -0.39 is 6.04 Å². The fourth-order valence-electron chi connectivity index (χ4n) is 2.30. The second kappa shape index (κ2) is 5.02. The van der Waals surface area contributed by atoms with Gasteiger partial charge >= 0.3 is 0 Å². The minimum atomic E-state index is -0.449. The van der Waals surface area contributed by atoms with Crippen LogP contribution in [0.3, 0.4) is 0 Å². The molecule has 0 aromatic carbocycles. The molecule has 2 rings (SSSR count). The van der Waals surface area contributed by atoms with E-state index in [2.05, 4.69) is 24.9 Å². The van der Waals surface area contributed by atoms with E-state index in [0.717, 1.165) is 13.0 Å². The van der Waals surface area contributed by atoms with Crippen LogP contribution in [0.1, 0.15) is 29.8 Å². The molecule has 0 saturated heterocycles. The summed E-state index contributed by atoms with van der Waals surface area (Å²) in [4.78, 5) is 15.5. The standard InChI is InChI=1S/C13H18N2OS/c1-3-4-11(14)13(16)15-7-5-12-10(9(15)2)6-8-17-12/h3,6,8-9,11H,1,4-5,7,14H2,2H3. The molecule has 92 valence electrons. The normalized spacial score (nSPS) is 20.8. The first-order valence-electron chi connectivity index (χ1n) is 5.88. The van der Waals surface area contributed by atoms with Crippen molar-refractivity contribution in [3.05, 3.63) is 34.5 Å². The smallest absolute Gasteiger partial charge is 0.240 e. The molecular weight excluding hydrogens is 232 g/mol. The monoisotopic (exact) mass is 250 g/mol. The number of hydrogen-bond acceptors (Lipinski definition) is 3. The molecule has 2 heterocycles. The third kappa shape index (κ3) is 2.28. The Labute approximate surface area is 106 Å². The predicted molar refractivity (Wildman–Crippen MR) is 70.9 cm³/mol. The van der Waals surface area contributed by atoms with Crippen LogP contribution >= 0.6 is 11.3 Å². The first kappa shape index (κ1) is 12.3. The number of nitrogens with two attached hydrogens (primary N) is 1. The summed E-state index contributed by atoms with van der Waals surface area (Å²) < 4.78 is 0. The van der Waals surface area contributed by atoms with E-state index in [-0.39, 0.29) is 11.9 Å². The number of hydrogen-bond donors (Lipinski definition) is 1. The average Bonchev–Trinajstić information content (AvgIpc) is 2.78. The highest BCUT2D eigenvalue weighted by Gasteiger charge is 2.30. The van der Waals surface area contributed by atoms with E-state index in [1.165, 1.54) is 10.4 Å². The molecular formula is C13H18N2OS. The molecule has 4 heteroatoms. The van der Waals surface area contributed by atoms with E-state index in [9.17, 15) is 4.79 Å². The molecule has 17 heavy (non-hydrogen) atoms. The van der Waals surface area contributed by atoms with Gasteiger partial charge in [0, 0.05) is 11.4 Å². The minimum Gasteiger partial charge on any atom is -0.334 e. The number of thiophene rings is 1. The van der Waals surface area contributed by atoms with Gasteiger partial charge in [-0.2, -0.15) is 0 Å². The first-order valence-corrected chi connectivity index (χ1v) is 6.76. The molecule has 2 atom stereocenters. The highest BCUT2D eigenvalue weighted by atomic mass is 32.1. The molecule has 1 amide bonds. The van der Waals surface area contributed by atoms with Crippen molar-refractivity contribution in [2.45, 2.75) is 31.8 Å².